The predicted molar refractivity (Wildman–Crippen MR) is 116 cm³/mol. The van der Waals surface area contributed by atoms with Crippen LogP contribution in [-0.2, 0) is 24.8 Å². The molecule has 0 unspecified atom stereocenters. The molecule has 0 bridgehead atoms. The van der Waals surface area contributed by atoms with Crippen LogP contribution >= 0.6 is 0 Å². The third-order valence-corrected chi connectivity index (χ3v) is 5.89. The van der Waals surface area contributed by atoms with Crippen molar-refractivity contribution in [2.45, 2.75) is 19.4 Å². The van der Waals surface area contributed by atoms with Crippen LogP contribution in [0.4, 0.5) is 0 Å². The Morgan fingerprint density at radius 1 is 1.00 bits per heavy atom. The van der Waals surface area contributed by atoms with Gasteiger partial charge >= 0.3 is 0 Å². The lowest BCUT2D eigenvalue weighted by molar-refractivity contribution is -0.133. The zero-order valence-electron chi connectivity index (χ0n) is 17.3. The van der Waals surface area contributed by atoms with E-state index >= 15 is 0 Å². The lowest BCUT2D eigenvalue weighted by Gasteiger charge is -2.34. The fraction of sp³-hybridized carbons (Fsp3) is 0.375. The summed E-state index contributed by atoms with van der Waals surface area (Å²) in [6.07, 6.45) is 3.58. The lowest BCUT2D eigenvalue weighted by Crippen LogP contribution is -2.48. The quantitative estimate of drug-likeness (QED) is 0.646. The van der Waals surface area contributed by atoms with Crippen molar-refractivity contribution in [2.24, 2.45) is 7.05 Å². The molecule has 1 aliphatic rings. The summed E-state index contributed by atoms with van der Waals surface area (Å²) >= 11 is 0. The fourth-order valence-electron chi connectivity index (χ4n) is 4.15. The highest BCUT2D eigenvalue weighted by molar-refractivity contribution is 5.83. The SMILES string of the molecule is COc1ccc(CCC(=O)N2CCN(Cc3cn(C)c4ccccc34)CC2)cc1. The molecule has 1 saturated heterocycles. The molecule has 4 rings (SSSR count). The van der Waals surface area contributed by atoms with Crippen molar-refractivity contribution in [3.63, 3.8) is 0 Å². The van der Waals surface area contributed by atoms with Crippen LogP contribution in [0.2, 0.25) is 0 Å². The molecular weight excluding hydrogens is 362 g/mol. The minimum atomic E-state index is 0.255. The number of carbonyl (C=O) groups is 1. The van der Waals surface area contributed by atoms with Gasteiger partial charge in [-0.25, -0.2) is 0 Å². The van der Waals surface area contributed by atoms with Crippen LogP contribution in [0.25, 0.3) is 10.9 Å². The standard InChI is InChI=1S/C24H29N3O2/c1-25-17-20(22-5-3-4-6-23(22)25)18-26-13-15-27(16-14-26)24(28)12-9-19-7-10-21(29-2)11-8-19/h3-8,10-11,17H,9,12-16,18H2,1-2H3. The summed E-state index contributed by atoms with van der Waals surface area (Å²) in [7, 11) is 3.77. The summed E-state index contributed by atoms with van der Waals surface area (Å²) in [5, 5.41) is 1.33. The number of nitrogens with zero attached hydrogens (tertiary/aromatic N) is 3. The number of hydrogen-bond acceptors (Lipinski definition) is 3. The van der Waals surface area contributed by atoms with Gasteiger partial charge in [-0.15, -0.1) is 0 Å². The van der Waals surface area contributed by atoms with Crippen molar-refractivity contribution in [1.82, 2.24) is 14.4 Å². The molecule has 1 amide bonds. The number of hydrogen-bond donors (Lipinski definition) is 0. The molecule has 1 aliphatic heterocycles. The second kappa shape index (κ2) is 8.70. The van der Waals surface area contributed by atoms with E-state index in [1.54, 1.807) is 7.11 Å². The Labute approximate surface area is 172 Å². The van der Waals surface area contributed by atoms with Crippen LogP contribution in [-0.4, -0.2) is 53.6 Å². The highest BCUT2D eigenvalue weighted by atomic mass is 16.5. The Kier molecular flexibility index (Phi) is 5.86. The van der Waals surface area contributed by atoms with Gasteiger partial charge in [0.2, 0.25) is 5.91 Å². The number of para-hydroxylation sites is 1. The molecular formula is C24H29N3O2. The number of carbonyl (C=O) groups excluding carboxylic acids is 1. The maximum absolute atomic E-state index is 12.6. The van der Waals surface area contributed by atoms with Crippen LogP contribution in [0, 0.1) is 0 Å². The summed E-state index contributed by atoms with van der Waals surface area (Å²) in [5.41, 5.74) is 3.81. The number of amides is 1. The topological polar surface area (TPSA) is 37.7 Å². The zero-order chi connectivity index (χ0) is 20.2. The minimum Gasteiger partial charge on any atom is -0.497 e. The molecule has 2 aromatic carbocycles. The van der Waals surface area contributed by atoms with Gasteiger partial charge in [0.25, 0.3) is 0 Å². The van der Waals surface area contributed by atoms with Crippen molar-refractivity contribution < 1.29 is 9.53 Å². The van der Waals surface area contributed by atoms with Gasteiger partial charge in [-0.2, -0.15) is 0 Å². The number of methoxy groups -OCH3 is 1. The van der Waals surface area contributed by atoms with E-state index in [9.17, 15) is 4.79 Å². The normalized spacial score (nSPS) is 15.0. The van der Waals surface area contributed by atoms with Gasteiger partial charge in [-0.3, -0.25) is 9.69 Å². The van der Waals surface area contributed by atoms with Crippen molar-refractivity contribution in [2.75, 3.05) is 33.3 Å². The molecule has 0 radical (unpaired) electrons. The van der Waals surface area contributed by atoms with Gasteiger partial charge < -0.3 is 14.2 Å². The number of aromatic nitrogens is 1. The van der Waals surface area contributed by atoms with Gasteiger partial charge in [0, 0.05) is 63.3 Å². The lowest BCUT2D eigenvalue weighted by atomic mass is 10.1. The Morgan fingerprint density at radius 2 is 1.72 bits per heavy atom. The Bertz CT molecular complexity index is 969. The summed E-state index contributed by atoms with van der Waals surface area (Å²) < 4.78 is 7.38. The maximum Gasteiger partial charge on any atom is 0.222 e. The molecule has 2 heterocycles. The van der Waals surface area contributed by atoms with E-state index in [0.717, 1.165) is 44.9 Å². The second-order valence-electron chi connectivity index (χ2n) is 7.79. The first-order valence-electron chi connectivity index (χ1n) is 10.3. The van der Waals surface area contributed by atoms with Gasteiger partial charge in [0.15, 0.2) is 0 Å². The molecule has 5 nitrogen and oxygen atoms in total. The molecule has 0 saturated carbocycles. The zero-order valence-corrected chi connectivity index (χ0v) is 17.3. The van der Waals surface area contributed by atoms with E-state index in [2.05, 4.69) is 47.0 Å². The number of ether oxygens (including phenoxy) is 1. The van der Waals surface area contributed by atoms with E-state index in [1.807, 2.05) is 29.2 Å². The van der Waals surface area contributed by atoms with Crippen LogP contribution in [0.5, 0.6) is 5.75 Å². The van der Waals surface area contributed by atoms with Crippen molar-refractivity contribution >= 4 is 16.8 Å². The molecule has 0 aliphatic carbocycles. The van der Waals surface area contributed by atoms with E-state index in [0.29, 0.717) is 6.42 Å². The number of aryl methyl sites for hydroxylation is 2. The van der Waals surface area contributed by atoms with Crippen molar-refractivity contribution in [1.29, 1.82) is 0 Å². The van der Waals surface area contributed by atoms with E-state index in [4.69, 9.17) is 4.74 Å². The maximum atomic E-state index is 12.6. The van der Waals surface area contributed by atoms with Gasteiger partial charge in [-0.05, 0) is 35.7 Å². The first-order valence-corrected chi connectivity index (χ1v) is 10.3. The number of fused-ring (bicyclic) bond motifs is 1. The van der Waals surface area contributed by atoms with E-state index in [-0.39, 0.29) is 5.91 Å². The average Bonchev–Trinajstić information content (AvgIpc) is 3.08. The third kappa shape index (κ3) is 4.46. The van der Waals surface area contributed by atoms with E-state index < -0.39 is 0 Å². The molecule has 152 valence electrons. The first-order chi connectivity index (χ1) is 14.1. The summed E-state index contributed by atoms with van der Waals surface area (Å²) in [6, 6.07) is 16.5. The smallest absolute Gasteiger partial charge is 0.222 e. The molecule has 1 aromatic heterocycles. The Balaban J connectivity index is 1.27. The monoisotopic (exact) mass is 391 g/mol. The number of benzene rings is 2. The molecule has 1 fully saturated rings. The van der Waals surface area contributed by atoms with E-state index in [1.165, 1.54) is 22.0 Å². The van der Waals surface area contributed by atoms with Crippen LogP contribution in [0.1, 0.15) is 17.5 Å². The summed E-state index contributed by atoms with van der Waals surface area (Å²) in [6.45, 7) is 4.42. The average molecular weight is 392 g/mol. The summed E-state index contributed by atoms with van der Waals surface area (Å²) in [5.74, 6) is 1.10. The van der Waals surface area contributed by atoms with Gasteiger partial charge in [0.05, 0.1) is 7.11 Å². The highest BCUT2D eigenvalue weighted by Gasteiger charge is 2.21. The molecule has 0 N–H and O–H groups in total. The number of piperazine rings is 1. The van der Waals surface area contributed by atoms with Gasteiger partial charge in [-0.1, -0.05) is 30.3 Å². The molecule has 5 heteroatoms. The summed E-state index contributed by atoms with van der Waals surface area (Å²) in [4.78, 5) is 17.1. The third-order valence-electron chi connectivity index (χ3n) is 5.89. The van der Waals surface area contributed by atoms with Gasteiger partial charge in [0.1, 0.15) is 5.75 Å². The Hall–Kier alpha value is -2.79. The number of rotatable bonds is 6. The van der Waals surface area contributed by atoms with Crippen LogP contribution < -0.4 is 4.74 Å². The largest absolute Gasteiger partial charge is 0.497 e. The van der Waals surface area contributed by atoms with Crippen LogP contribution in [0.3, 0.4) is 0 Å². The highest BCUT2D eigenvalue weighted by Crippen LogP contribution is 2.22. The second-order valence-corrected chi connectivity index (χ2v) is 7.79. The first kappa shape index (κ1) is 19.5. The van der Waals surface area contributed by atoms with Crippen molar-refractivity contribution in [3.8, 4) is 5.75 Å². The Morgan fingerprint density at radius 3 is 2.45 bits per heavy atom. The minimum absolute atomic E-state index is 0.255. The molecule has 0 spiro atoms. The fourth-order valence-corrected chi connectivity index (χ4v) is 4.15. The molecule has 0 atom stereocenters. The van der Waals surface area contributed by atoms with Crippen LogP contribution in [0.15, 0.2) is 54.7 Å². The molecule has 3 aromatic rings. The predicted octanol–water partition coefficient (Wildman–Crippen LogP) is 3.46. The van der Waals surface area contributed by atoms with Crippen molar-refractivity contribution in [3.05, 3.63) is 65.9 Å². The molecule has 29 heavy (non-hydrogen) atoms.